The van der Waals surface area contributed by atoms with E-state index >= 15 is 0 Å². The first kappa shape index (κ1) is 41.8. The number of ether oxygens (including phenoxy) is 8. The van der Waals surface area contributed by atoms with Gasteiger partial charge in [0.05, 0.1) is 62.0 Å². The van der Waals surface area contributed by atoms with Gasteiger partial charge in [0.1, 0.15) is 67.1 Å². The molecular weight excluding hydrogens is 716 g/mol. The molecule has 4 aliphatic heterocycles. The maximum absolute atomic E-state index is 11.5. The molecule has 20 heteroatoms. The Hall–Kier alpha value is -0.800. The Morgan fingerprint density at radius 3 is 2.00 bits per heavy atom. The van der Waals surface area contributed by atoms with Crippen LogP contribution >= 0.6 is 0 Å². The molecule has 0 aromatic rings. The van der Waals surface area contributed by atoms with E-state index in [0.717, 1.165) is 0 Å². The molecule has 24 unspecified atom stereocenters. The van der Waals surface area contributed by atoms with Gasteiger partial charge < -0.3 is 99.2 Å². The average molecular weight is 773 g/mol. The van der Waals surface area contributed by atoms with Crippen molar-refractivity contribution in [2.45, 2.75) is 174 Å². The van der Waals surface area contributed by atoms with Crippen molar-refractivity contribution < 1.29 is 99.2 Å². The summed E-state index contributed by atoms with van der Waals surface area (Å²) in [7, 11) is 1.40. The molecule has 6 fully saturated rings. The number of fused-ring (bicyclic) bond motifs is 1. The SMILES string of the molecule is COC1CC(C2OC3CC(O)CC(O)C3CC2OC2OC(COC3OC(C)C(O)C(O)C3O)C(O)C(O)C2OC2OCC(O)C(O)C2O)CC(O)C1O. The van der Waals surface area contributed by atoms with Crippen LogP contribution in [0.15, 0.2) is 0 Å². The van der Waals surface area contributed by atoms with Crippen LogP contribution in [0.1, 0.15) is 39.0 Å². The lowest BCUT2D eigenvalue weighted by Gasteiger charge is -2.52. The minimum atomic E-state index is -1.85. The number of rotatable bonds is 9. The van der Waals surface area contributed by atoms with Crippen LogP contribution in [0.5, 0.6) is 0 Å². The Morgan fingerprint density at radius 1 is 0.566 bits per heavy atom. The summed E-state index contributed by atoms with van der Waals surface area (Å²) >= 11 is 0. The molecule has 53 heavy (non-hydrogen) atoms. The highest BCUT2D eigenvalue weighted by atomic mass is 16.8. The van der Waals surface area contributed by atoms with Crippen molar-refractivity contribution in [3.05, 3.63) is 0 Å². The Bertz CT molecular complexity index is 1170. The van der Waals surface area contributed by atoms with Gasteiger partial charge in [-0.1, -0.05) is 0 Å². The van der Waals surface area contributed by atoms with E-state index in [1.54, 1.807) is 0 Å². The van der Waals surface area contributed by atoms with Crippen molar-refractivity contribution >= 4 is 0 Å². The number of hydrogen-bond acceptors (Lipinski definition) is 20. The van der Waals surface area contributed by atoms with E-state index in [4.69, 9.17) is 37.9 Å². The Kier molecular flexibility index (Phi) is 13.7. The lowest BCUT2D eigenvalue weighted by molar-refractivity contribution is -0.376. The van der Waals surface area contributed by atoms with Crippen LogP contribution in [0.2, 0.25) is 0 Å². The van der Waals surface area contributed by atoms with Crippen LogP contribution in [-0.2, 0) is 37.9 Å². The molecule has 6 rings (SSSR count). The lowest BCUT2D eigenvalue weighted by atomic mass is 9.72. The maximum atomic E-state index is 11.5. The fourth-order valence-corrected chi connectivity index (χ4v) is 8.55. The second-order valence-corrected chi connectivity index (χ2v) is 15.4. The number of hydrogen-bond donors (Lipinski definition) is 12. The smallest absolute Gasteiger partial charge is 0.187 e. The van der Waals surface area contributed by atoms with Gasteiger partial charge in [-0.3, -0.25) is 0 Å². The predicted octanol–water partition coefficient (Wildman–Crippen LogP) is -6.08. The summed E-state index contributed by atoms with van der Waals surface area (Å²) in [6.45, 7) is 0.457. The van der Waals surface area contributed by atoms with Gasteiger partial charge in [0, 0.05) is 13.0 Å². The molecule has 24 atom stereocenters. The van der Waals surface area contributed by atoms with Crippen molar-refractivity contribution in [1.82, 2.24) is 0 Å². The van der Waals surface area contributed by atoms with Crippen molar-refractivity contribution in [3.63, 3.8) is 0 Å². The predicted molar refractivity (Wildman–Crippen MR) is 170 cm³/mol. The molecular formula is C33H56O20. The molecule has 0 bridgehead atoms. The molecule has 0 aromatic heterocycles. The summed E-state index contributed by atoms with van der Waals surface area (Å²) in [6, 6.07) is 0. The highest BCUT2D eigenvalue weighted by Gasteiger charge is 2.55. The molecule has 12 N–H and O–H groups in total. The van der Waals surface area contributed by atoms with Gasteiger partial charge in [-0.05, 0) is 44.9 Å². The molecule has 0 radical (unpaired) electrons. The molecule has 0 amide bonds. The standard InChI is InChI=1S/C33H56O20/c1-10-21(38)25(42)28(45)31(49-10)48-9-20-24(41)26(43)30(53-32-27(44)23(40)16(37)8-47-32)33(52-20)51-19-7-13-14(35)5-12(34)6-17(13)50-29(19)11-3-15(36)22(39)18(4-11)46-2/h10-45H,3-9H2,1-2H3. The molecule has 2 saturated carbocycles. The zero-order valence-corrected chi connectivity index (χ0v) is 29.4. The Morgan fingerprint density at radius 2 is 1.28 bits per heavy atom. The van der Waals surface area contributed by atoms with Crippen molar-refractivity contribution in [1.29, 1.82) is 0 Å². The van der Waals surface area contributed by atoms with E-state index in [1.807, 2.05) is 0 Å². The quantitative estimate of drug-likeness (QED) is 0.104. The highest BCUT2D eigenvalue weighted by molar-refractivity contribution is 5.01. The number of aliphatic hydroxyl groups excluding tert-OH is 12. The number of methoxy groups -OCH3 is 1. The van der Waals surface area contributed by atoms with Crippen LogP contribution in [0.25, 0.3) is 0 Å². The van der Waals surface area contributed by atoms with E-state index in [0.29, 0.717) is 0 Å². The fourth-order valence-electron chi connectivity index (χ4n) is 8.55. The summed E-state index contributed by atoms with van der Waals surface area (Å²) in [5.41, 5.74) is 0. The van der Waals surface area contributed by atoms with E-state index in [-0.39, 0.29) is 32.1 Å². The minimum absolute atomic E-state index is 0.0717. The van der Waals surface area contributed by atoms with E-state index in [1.165, 1.54) is 14.0 Å². The first-order valence-electron chi connectivity index (χ1n) is 18.3. The zero-order valence-electron chi connectivity index (χ0n) is 29.4. The van der Waals surface area contributed by atoms with E-state index < -0.39 is 160 Å². The average Bonchev–Trinajstić information content (AvgIpc) is 3.12. The van der Waals surface area contributed by atoms with Gasteiger partial charge in [-0.25, -0.2) is 0 Å². The van der Waals surface area contributed by atoms with Crippen LogP contribution in [0.4, 0.5) is 0 Å². The zero-order chi connectivity index (χ0) is 38.5. The van der Waals surface area contributed by atoms with Gasteiger partial charge in [-0.15, -0.1) is 0 Å². The first-order chi connectivity index (χ1) is 25.1. The first-order valence-corrected chi connectivity index (χ1v) is 18.3. The van der Waals surface area contributed by atoms with E-state index in [2.05, 4.69) is 0 Å². The molecule has 6 aliphatic rings. The summed E-state index contributed by atoms with van der Waals surface area (Å²) in [4.78, 5) is 0. The topological polar surface area (TPSA) is 317 Å². The van der Waals surface area contributed by atoms with Gasteiger partial charge >= 0.3 is 0 Å². The molecule has 2 aliphatic carbocycles. The molecule has 308 valence electrons. The highest BCUT2D eigenvalue weighted by Crippen LogP contribution is 2.44. The van der Waals surface area contributed by atoms with Crippen molar-refractivity contribution in [2.75, 3.05) is 20.3 Å². The minimum Gasteiger partial charge on any atom is -0.393 e. The normalized spacial score (nSPS) is 55.4. The number of aliphatic hydroxyl groups is 12. The summed E-state index contributed by atoms with van der Waals surface area (Å²) < 4.78 is 47.1. The van der Waals surface area contributed by atoms with Crippen LogP contribution < -0.4 is 0 Å². The van der Waals surface area contributed by atoms with Gasteiger partial charge in [-0.2, -0.15) is 0 Å². The monoisotopic (exact) mass is 772 g/mol. The second-order valence-electron chi connectivity index (χ2n) is 15.4. The molecule has 0 spiro atoms. The Labute approximate surface area is 305 Å². The molecule has 4 saturated heterocycles. The van der Waals surface area contributed by atoms with E-state index in [9.17, 15) is 61.3 Å². The fraction of sp³-hybridized carbons (Fsp3) is 1.00. The van der Waals surface area contributed by atoms with Gasteiger partial charge in [0.25, 0.3) is 0 Å². The Balaban J connectivity index is 1.27. The van der Waals surface area contributed by atoms with Crippen molar-refractivity contribution in [3.8, 4) is 0 Å². The van der Waals surface area contributed by atoms with Crippen LogP contribution in [0, 0.1) is 11.8 Å². The van der Waals surface area contributed by atoms with Gasteiger partial charge in [0.15, 0.2) is 18.9 Å². The van der Waals surface area contributed by atoms with Gasteiger partial charge in [0.2, 0.25) is 0 Å². The third-order valence-corrected chi connectivity index (χ3v) is 11.7. The summed E-state index contributed by atoms with van der Waals surface area (Å²) in [6.07, 6.45) is -28.6. The third kappa shape index (κ3) is 8.72. The summed E-state index contributed by atoms with van der Waals surface area (Å²) in [5.74, 6) is -1.02. The lowest BCUT2D eigenvalue weighted by Crippen LogP contribution is -2.65. The van der Waals surface area contributed by atoms with Crippen LogP contribution in [-0.4, -0.2) is 216 Å². The van der Waals surface area contributed by atoms with Crippen LogP contribution in [0.3, 0.4) is 0 Å². The molecule has 0 aromatic carbocycles. The largest absolute Gasteiger partial charge is 0.393 e. The summed E-state index contributed by atoms with van der Waals surface area (Å²) in [5, 5.41) is 127. The molecule has 4 heterocycles. The molecule has 20 nitrogen and oxygen atoms in total. The van der Waals surface area contributed by atoms with Crippen molar-refractivity contribution in [2.24, 2.45) is 11.8 Å². The third-order valence-electron chi connectivity index (χ3n) is 11.7. The second kappa shape index (κ2) is 17.4. The maximum Gasteiger partial charge on any atom is 0.187 e.